The molecule has 1 aliphatic carbocycles. The molecule has 0 aliphatic heterocycles. The number of aromatic amines is 1. The summed E-state index contributed by atoms with van der Waals surface area (Å²) in [5.74, 6) is -1.48. The lowest BCUT2D eigenvalue weighted by Gasteiger charge is -1.95. The number of aromatic nitrogens is 2. The summed E-state index contributed by atoms with van der Waals surface area (Å²) in [5, 5.41) is 17.8. The number of halogens is 1. The van der Waals surface area contributed by atoms with Gasteiger partial charge in [0.15, 0.2) is 0 Å². The zero-order valence-electron chi connectivity index (χ0n) is 14.2. The van der Waals surface area contributed by atoms with Crippen molar-refractivity contribution < 1.29 is 9.90 Å². The van der Waals surface area contributed by atoms with Gasteiger partial charge in [0.05, 0.1) is 17.0 Å². The predicted octanol–water partition coefficient (Wildman–Crippen LogP) is 2.61. The molecule has 3 aromatic rings. The molecule has 0 spiro atoms. The molecule has 1 aliphatic rings. The smallest absolute Gasteiger partial charge is 0.372 e. The van der Waals surface area contributed by atoms with Crippen molar-refractivity contribution in [1.82, 2.24) is 9.97 Å². The van der Waals surface area contributed by atoms with E-state index in [4.69, 9.17) is 16.1 Å². The summed E-state index contributed by atoms with van der Waals surface area (Å²) < 4.78 is 0. The van der Waals surface area contributed by atoms with Gasteiger partial charge in [-0.15, -0.1) is 23.7 Å². The summed E-state index contributed by atoms with van der Waals surface area (Å²) in [6.45, 7) is 0.496. The van der Waals surface area contributed by atoms with Crippen molar-refractivity contribution in [1.29, 1.82) is 5.26 Å². The fraction of sp³-hybridized carbons (Fsp3) is 0.222. The maximum Gasteiger partial charge on any atom is 0.372 e. The number of hydrogen-bond donors (Lipinski definition) is 3. The second-order valence-corrected chi connectivity index (χ2v) is 6.86. The number of nitrogens with zero attached hydrogens (tertiary/aromatic N) is 2. The van der Waals surface area contributed by atoms with Gasteiger partial charge in [-0.25, -0.2) is 9.78 Å². The van der Waals surface area contributed by atoms with Crippen LogP contribution in [0.25, 0.3) is 10.2 Å². The second kappa shape index (κ2) is 8.77. The maximum atomic E-state index is 11.8. The van der Waals surface area contributed by atoms with E-state index in [0.717, 1.165) is 30.4 Å². The van der Waals surface area contributed by atoms with Gasteiger partial charge in [0, 0.05) is 11.4 Å². The zero-order valence-corrected chi connectivity index (χ0v) is 15.8. The molecule has 27 heavy (non-hydrogen) atoms. The summed E-state index contributed by atoms with van der Waals surface area (Å²) in [6.07, 6.45) is 2.93. The number of aryl methyl sites for hydroxylation is 2. The van der Waals surface area contributed by atoms with Gasteiger partial charge in [-0.3, -0.25) is 4.79 Å². The number of carboxylic acid groups (broad SMARTS) is 1. The van der Waals surface area contributed by atoms with E-state index in [2.05, 4.69) is 9.97 Å². The molecule has 0 bridgehead atoms. The van der Waals surface area contributed by atoms with Crippen LogP contribution < -0.4 is 11.3 Å². The number of nitriles is 1. The van der Waals surface area contributed by atoms with Crippen LogP contribution in [0, 0.1) is 11.3 Å². The molecule has 1 aromatic carbocycles. The van der Waals surface area contributed by atoms with E-state index in [9.17, 15) is 9.59 Å². The topological polar surface area (TPSA) is 133 Å². The van der Waals surface area contributed by atoms with Gasteiger partial charge in [-0.1, -0.05) is 12.1 Å². The number of rotatable bonds is 2. The van der Waals surface area contributed by atoms with Gasteiger partial charge in [0.25, 0.3) is 5.56 Å². The number of nitrogens with two attached hydrogens (primary N) is 1. The number of carboxylic acids is 1. The molecule has 0 unspecified atom stereocenters. The number of nitrogens with one attached hydrogen (secondary N) is 1. The Kier molecular flexibility index (Phi) is 6.69. The maximum absolute atomic E-state index is 11.8. The number of fused-ring (bicyclic) bond motifs is 3. The Morgan fingerprint density at radius 1 is 1.41 bits per heavy atom. The zero-order chi connectivity index (χ0) is 18.7. The van der Waals surface area contributed by atoms with Crippen LogP contribution in [0.2, 0.25) is 0 Å². The van der Waals surface area contributed by atoms with E-state index in [1.54, 1.807) is 12.1 Å². The molecule has 2 heterocycles. The van der Waals surface area contributed by atoms with Crippen LogP contribution in [0.3, 0.4) is 0 Å². The average Bonchev–Trinajstić information content (AvgIpc) is 3.22. The van der Waals surface area contributed by atoms with Crippen molar-refractivity contribution in [3.63, 3.8) is 0 Å². The molecule has 0 fully saturated rings. The summed E-state index contributed by atoms with van der Waals surface area (Å²) in [5.41, 5.74) is 7.76. The molecule has 4 N–H and O–H groups in total. The lowest BCUT2D eigenvalue weighted by Crippen LogP contribution is -2.15. The van der Waals surface area contributed by atoms with Crippen molar-refractivity contribution in [2.24, 2.45) is 5.73 Å². The molecule has 9 heteroatoms. The number of carbonyl (C=O) groups is 1. The van der Waals surface area contributed by atoms with E-state index >= 15 is 0 Å². The van der Waals surface area contributed by atoms with Crippen LogP contribution in [-0.4, -0.2) is 21.0 Å². The third kappa shape index (κ3) is 4.34. The van der Waals surface area contributed by atoms with Gasteiger partial charge in [0.1, 0.15) is 4.83 Å². The van der Waals surface area contributed by atoms with Crippen molar-refractivity contribution in [3.05, 3.63) is 62.0 Å². The summed E-state index contributed by atoms with van der Waals surface area (Å²) in [4.78, 5) is 30.5. The quantitative estimate of drug-likeness (QED) is 0.601. The van der Waals surface area contributed by atoms with Crippen LogP contribution in [0.15, 0.2) is 29.1 Å². The molecule has 140 valence electrons. The molecule has 2 aromatic heterocycles. The van der Waals surface area contributed by atoms with Crippen molar-refractivity contribution in [3.8, 4) is 6.07 Å². The lowest BCUT2D eigenvalue weighted by atomic mass is 10.1. The number of aromatic carboxylic acids is 1. The molecular formula is C18H17ClN4O3S. The van der Waals surface area contributed by atoms with Crippen molar-refractivity contribution in [2.45, 2.75) is 25.8 Å². The highest BCUT2D eigenvalue weighted by molar-refractivity contribution is 7.18. The predicted molar refractivity (Wildman–Crippen MR) is 106 cm³/mol. The minimum absolute atomic E-state index is 0. The molecular weight excluding hydrogens is 388 g/mol. The Balaban J connectivity index is 0.000000208. The molecule has 0 saturated heterocycles. The van der Waals surface area contributed by atoms with E-state index < -0.39 is 5.97 Å². The fourth-order valence-electron chi connectivity index (χ4n) is 2.87. The highest BCUT2D eigenvalue weighted by Gasteiger charge is 2.22. The Morgan fingerprint density at radius 3 is 2.85 bits per heavy atom. The van der Waals surface area contributed by atoms with Crippen LogP contribution in [-0.2, 0) is 19.4 Å². The minimum Gasteiger partial charge on any atom is -0.475 e. The van der Waals surface area contributed by atoms with Crippen molar-refractivity contribution >= 4 is 39.9 Å². The first-order valence-electron chi connectivity index (χ1n) is 8.00. The summed E-state index contributed by atoms with van der Waals surface area (Å²) in [7, 11) is 0. The number of hydrogen-bond acceptors (Lipinski definition) is 6. The van der Waals surface area contributed by atoms with Gasteiger partial charge in [-0.2, -0.15) is 5.26 Å². The minimum atomic E-state index is -1.20. The van der Waals surface area contributed by atoms with E-state index in [1.165, 1.54) is 16.2 Å². The first kappa shape index (κ1) is 20.6. The highest BCUT2D eigenvalue weighted by atomic mass is 35.5. The first-order chi connectivity index (χ1) is 12.5. The van der Waals surface area contributed by atoms with Gasteiger partial charge < -0.3 is 15.8 Å². The number of benzene rings is 1. The van der Waals surface area contributed by atoms with Gasteiger partial charge >= 0.3 is 5.97 Å². The van der Waals surface area contributed by atoms with Gasteiger partial charge in [-0.05, 0) is 42.5 Å². The van der Waals surface area contributed by atoms with Crippen LogP contribution >= 0.6 is 23.7 Å². The van der Waals surface area contributed by atoms with E-state index in [0.29, 0.717) is 22.3 Å². The van der Waals surface area contributed by atoms with E-state index in [1.807, 2.05) is 18.2 Å². The molecule has 4 rings (SSSR count). The monoisotopic (exact) mass is 404 g/mol. The Bertz CT molecular complexity index is 1080. The lowest BCUT2D eigenvalue weighted by molar-refractivity contribution is 0.0683. The largest absolute Gasteiger partial charge is 0.475 e. The molecule has 0 amide bonds. The fourth-order valence-corrected chi connectivity index (χ4v) is 4.13. The Labute approximate surface area is 164 Å². The summed E-state index contributed by atoms with van der Waals surface area (Å²) >= 11 is 1.44. The third-order valence-electron chi connectivity index (χ3n) is 4.07. The Hall–Kier alpha value is -2.73. The summed E-state index contributed by atoms with van der Waals surface area (Å²) in [6, 6.07) is 9.34. The normalized spacial score (nSPS) is 11.7. The molecule has 0 radical (unpaired) electrons. The standard InChI is InChI=1S/C10H8N2O3S.C8H8N2.ClH/c13-8-6-4-2-1-3-5(4)16-9(6)12-7(11-8)10(14)15;9-5-7-2-1-3-8(4-7)6-10;/h1-3H2,(H,14,15)(H,11,12,13);1-4H,5,9H2;1H. The first-order valence-corrected chi connectivity index (χ1v) is 8.82. The molecule has 0 atom stereocenters. The second-order valence-electron chi connectivity index (χ2n) is 5.77. The third-order valence-corrected chi connectivity index (χ3v) is 5.26. The highest BCUT2D eigenvalue weighted by Crippen LogP contribution is 2.34. The van der Waals surface area contributed by atoms with Crippen LogP contribution in [0.4, 0.5) is 0 Å². The number of thiophene rings is 1. The van der Waals surface area contributed by atoms with Crippen LogP contribution in [0.5, 0.6) is 0 Å². The molecule has 0 saturated carbocycles. The molecule has 7 nitrogen and oxygen atoms in total. The SMILES string of the molecule is Cl.N#Cc1cccc(CN)c1.O=C(O)c1nc2sc3c(c2c(=O)[nH]1)CCC3. The van der Waals surface area contributed by atoms with E-state index in [-0.39, 0.29) is 23.8 Å². The average molecular weight is 405 g/mol. The van der Waals surface area contributed by atoms with Gasteiger partial charge in [0.2, 0.25) is 5.82 Å². The van der Waals surface area contributed by atoms with Crippen LogP contribution in [0.1, 0.15) is 38.6 Å². The Morgan fingerprint density at radius 2 is 2.19 bits per heavy atom. The number of H-pyrrole nitrogens is 1. The van der Waals surface area contributed by atoms with Crippen molar-refractivity contribution in [2.75, 3.05) is 0 Å².